The fourth-order valence-electron chi connectivity index (χ4n) is 2.10. The first-order valence-corrected chi connectivity index (χ1v) is 5.90. The predicted molar refractivity (Wildman–Crippen MR) is 68.3 cm³/mol. The summed E-state index contributed by atoms with van der Waals surface area (Å²) in [7, 11) is 0. The summed E-state index contributed by atoms with van der Waals surface area (Å²) in [4.78, 5) is 0. The molecule has 0 saturated carbocycles. The second-order valence-electron chi connectivity index (χ2n) is 4.11. The molecule has 1 unspecified atom stereocenters. The summed E-state index contributed by atoms with van der Waals surface area (Å²) in [5.41, 5.74) is 6.64. The average Bonchev–Trinajstić information content (AvgIpc) is 2.89. The zero-order chi connectivity index (χ0) is 12.1. The van der Waals surface area contributed by atoms with Crippen LogP contribution in [0.4, 0.5) is 0 Å². The van der Waals surface area contributed by atoms with Gasteiger partial charge in [-0.25, -0.2) is 0 Å². The lowest BCUT2D eigenvalue weighted by Gasteiger charge is -2.18. The van der Waals surface area contributed by atoms with Gasteiger partial charge < -0.3 is 4.42 Å². The standard InChI is InChI=1S/C14H18N2O/c1-2-12-5-3-4-6-13(12)14(16-15)9-11-7-8-17-10-11/h3-8,10,14,16H,2,9,15H2,1H3. The van der Waals surface area contributed by atoms with Crippen LogP contribution in [0.2, 0.25) is 0 Å². The van der Waals surface area contributed by atoms with Crippen LogP contribution in [0.1, 0.15) is 29.7 Å². The molecule has 0 aliphatic carbocycles. The Morgan fingerprint density at radius 1 is 1.29 bits per heavy atom. The lowest BCUT2D eigenvalue weighted by atomic mass is 9.95. The summed E-state index contributed by atoms with van der Waals surface area (Å²) in [6, 6.07) is 10.5. The number of aryl methyl sites for hydroxylation is 1. The number of nitrogens with one attached hydrogen (secondary N) is 1. The van der Waals surface area contributed by atoms with Crippen molar-refractivity contribution in [2.45, 2.75) is 25.8 Å². The van der Waals surface area contributed by atoms with Crippen LogP contribution in [0.5, 0.6) is 0 Å². The highest BCUT2D eigenvalue weighted by molar-refractivity contribution is 5.31. The molecule has 2 rings (SSSR count). The van der Waals surface area contributed by atoms with Crippen LogP contribution in [0.15, 0.2) is 47.3 Å². The first-order chi connectivity index (χ1) is 8.35. The Hall–Kier alpha value is -1.58. The molecule has 3 heteroatoms. The fourth-order valence-corrected chi connectivity index (χ4v) is 2.10. The van der Waals surface area contributed by atoms with Gasteiger partial charge in [0.1, 0.15) is 0 Å². The highest BCUT2D eigenvalue weighted by Crippen LogP contribution is 2.22. The minimum absolute atomic E-state index is 0.128. The third kappa shape index (κ3) is 2.75. The Kier molecular flexibility index (Phi) is 3.96. The minimum Gasteiger partial charge on any atom is -0.472 e. The number of hydrogen-bond donors (Lipinski definition) is 2. The van der Waals surface area contributed by atoms with Gasteiger partial charge in [-0.3, -0.25) is 11.3 Å². The SMILES string of the molecule is CCc1ccccc1C(Cc1ccoc1)NN. The van der Waals surface area contributed by atoms with E-state index in [1.54, 1.807) is 12.5 Å². The van der Waals surface area contributed by atoms with Crippen molar-refractivity contribution in [1.29, 1.82) is 0 Å². The van der Waals surface area contributed by atoms with Crippen molar-refractivity contribution in [3.8, 4) is 0 Å². The maximum Gasteiger partial charge on any atom is 0.0935 e. The number of nitrogens with two attached hydrogens (primary N) is 1. The van der Waals surface area contributed by atoms with Crippen molar-refractivity contribution in [2.24, 2.45) is 5.84 Å². The normalized spacial score (nSPS) is 12.6. The van der Waals surface area contributed by atoms with Crippen LogP contribution in [0.25, 0.3) is 0 Å². The van der Waals surface area contributed by atoms with Crippen LogP contribution in [0, 0.1) is 0 Å². The zero-order valence-corrected chi connectivity index (χ0v) is 10.0. The maximum absolute atomic E-state index is 5.66. The van der Waals surface area contributed by atoms with Crippen LogP contribution in [0.3, 0.4) is 0 Å². The molecular formula is C14H18N2O. The Labute approximate surface area is 102 Å². The molecule has 90 valence electrons. The molecule has 0 spiro atoms. The van der Waals surface area contributed by atoms with Crippen LogP contribution in [-0.2, 0) is 12.8 Å². The van der Waals surface area contributed by atoms with Crippen molar-refractivity contribution in [1.82, 2.24) is 5.43 Å². The van der Waals surface area contributed by atoms with E-state index in [4.69, 9.17) is 10.3 Å². The second kappa shape index (κ2) is 5.66. The topological polar surface area (TPSA) is 51.2 Å². The van der Waals surface area contributed by atoms with Crippen molar-refractivity contribution >= 4 is 0 Å². The molecule has 0 amide bonds. The number of benzene rings is 1. The molecule has 1 aromatic carbocycles. The van der Waals surface area contributed by atoms with E-state index in [-0.39, 0.29) is 6.04 Å². The van der Waals surface area contributed by atoms with E-state index in [0.717, 1.165) is 18.4 Å². The molecule has 0 saturated heterocycles. The number of hydrogen-bond acceptors (Lipinski definition) is 3. The van der Waals surface area contributed by atoms with Gasteiger partial charge in [-0.1, -0.05) is 31.2 Å². The molecule has 3 nitrogen and oxygen atoms in total. The molecule has 0 aliphatic rings. The van der Waals surface area contributed by atoms with Gasteiger partial charge in [0.05, 0.1) is 18.6 Å². The van der Waals surface area contributed by atoms with Gasteiger partial charge in [0, 0.05) is 0 Å². The summed E-state index contributed by atoms with van der Waals surface area (Å²) in [5, 5.41) is 0. The highest BCUT2D eigenvalue weighted by Gasteiger charge is 2.13. The van der Waals surface area contributed by atoms with Crippen molar-refractivity contribution in [3.05, 3.63) is 59.5 Å². The van der Waals surface area contributed by atoms with Crippen LogP contribution < -0.4 is 11.3 Å². The molecule has 17 heavy (non-hydrogen) atoms. The molecule has 1 aromatic heterocycles. The van der Waals surface area contributed by atoms with E-state index >= 15 is 0 Å². The van der Waals surface area contributed by atoms with Crippen molar-refractivity contribution < 1.29 is 4.42 Å². The third-order valence-corrected chi connectivity index (χ3v) is 3.03. The second-order valence-corrected chi connectivity index (χ2v) is 4.11. The van der Waals surface area contributed by atoms with Gasteiger partial charge in [-0.05, 0) is 35.6 Å². The zero-order valence-electron chi connectivity index (χ0n) is 10.0. The van der Waals surface area contributed by atoms with Gasteiger partial charge in [0.2, 0.25) is 0 Å². The molecule has 0 radical (unpaired) electrons. The molecule has 3 N–H and O–H groups in total. The quantitative estimate of drug-likeness (QED) is 0.613. The van der Waals surface area contributed by atoms with Gasteiger partial charge in [-0.15, -0.1) is 0 Å². The van der Waals surface area contributed by atoms with E-state index in [2.05, 4.69) is 30.5 Å². The van der Waals surface area contributed by atoms with E-state index in [1.807, 2.05) is 12.1 Å². The van der Waals surface area contributed by atoms with Crippen molar-refractivity contribution in [2.75, 3.05) is 0 Å². The molecule has 1 heterocycles. The number of hydrazine groups is 1. The predicted octanol–water partition coefficient (Wildman–Crippen LogP) is 2.59. The summed E-state index contributed by atoms with van der Waals surface area (Å²) >= 11 is 0. The molecule has 0 aliphatic heterocycles. The molecular weight excluding hydrogens is 212 g/mol. The molecule has 2 aromatic rings. The van der Waals surface area contributed by atoms with E-state index < -0.39 is 0 Å². The first-order valence-electron chi connectivity index (χ1n) is 5.90. The largest absolute Gasteiger partial charge is 0.472 e. The lowest BCUT2D eigenvalue weighted by Crippen LogP contribution is -2.30. The molecule has 0 fully saturated rings. The minimum atomic E-state index is 0.128. The molecule has 1 atom stereocenters. The Morgan fingerprint density at radius 3 is 2.76 bits per heavy atom. The van der Waals surface area contributed by atoms with E-state index in [0.29, 0.717) is 0 Å². The molecule has 0 bridgehead atoms. The van der Waals surface area contributed by atoms with Crippen LogP contribution in [-0.4, -0.2) is 0 Å². The number of furan rings is 1. The maximum atomic E-state index is 5.66. The summed E-state index contributed by atoms with van der Waals surface area (Å²) in [6.07, 6.45) is 5.30. The van der Waals surface area contributed by atoms with E-state index in [9.17, 15) is 0 Å². The van der Waals surface area contributed by atoms with Gasteiger partial charge in [0.15, 0.2) is 0 Å². The van der Waals surface area contributed by atoms with Gasteiger partial charge in [0.25, 0.3) is 0 Å². The smallest absolute Gasteiger partial charge is 0.0935 e. The van der Waals surface area contributed by atoms with Gasteiger partial charge in [-0.2, -0.15) is 0 Å². The average molecular weight is 230 g/mol. The summed E-state index contributed by atoms with van der Waals surface area (Å²) in [6.45, 7) is 2.16. The Morgan fingerprint density at radius 2 is 2.12 bits per heavy atom. The van der Waals surface area contributed by atoms with E-state index in [1.165, 1.54) is 11.1 Å². The summed E-state index contributed by atoms with van der Waals surface area (Å²) < 4.78 is 5.08. The lowest BCUT2D eigenvalue weighted by molar-refractivity contribution is 0.533. The monoisotopic (exact) mass is 230 g/mol. The third-order valence-electron chi connectivity index (χ3n) is 3.03. The van der Waals surface area contributed by atoms with Crippen molar-refractivity contribution in [3.63, 3.8) is 0 Å². The van der Waals surface area contributed by atoms with Crippen LogP contribution >= 0.6 is 0 Å². The Bertz CT molecular complexity index is 451. The fraction of sp³-hybridized carbons (Fsp3) is 0.286. The first kappa shape index (κ1) is 11.9. The summed E-state index contributed by atoms with van der Waals surface area (Å²) in [5.74, 6) is 5.66. The number of rotatable bonds is 5. The Balaban J connectivity index is 2.22. The van der Waals surface area contributed by atoms with Gasteiger partial charge >= 0.3 is 0 Å². The highest BCUT2D eigenvalue weighted by atomic mass is 16.3.